The van der Waals surface area contributed by atoms with Crippen LogP contribution in [0, 0.1) is 23.5 Å². The van der Waals surface area contributed by atoms with Crippen LogP contribution in [0.2, 0.25) is 0 Å². The Kier molecular flexibility index (Phi) is 5.62. The minimum atomic E-state index is -0.580. The van der Waals surface area contributed by atoms with Crippen molar-refractivity contribution in [3.8, 4) is 5.75 Å². The summed E-state index contributed by atoms with van der Waals surface area (Å²) in [5.74, 6) is -0.519. The van der Waals surface area contributed by atoms with Gasteiger partial charge in [0, 0.05) is 37.0 Å². The van der Waals surface area contributed by atoms with E-state index in [1.807, 2.05) is 0 Å². The molecule has 33 heavy (non-hydrogen) atoms. The maximum absolute atomic E-state index is 14.7. The lowest BCUT2D eigenvalue weighted by molar-refractivity contribution is 0.0928. The van der Waals surface area contributed by atoms with Gasteiger partial charge in [0.1, 0.15) is 5.82 Å². The van der Waals surface area contributed by atoms with Gasteiger partial charge in [0.2, 0.25) is 5.95 Å². The van der Waals surface area contributed by atoms with Crippen LogP contribution in [0.4, 0.5) is 14.7 Å². The molecular formula is C24H23F2N5O2. The number of ether oxygens (including phenoxy) is 1. The zero-order valence-electron chi connectivity index (χ0n) is 18.0. The molecule has 2 N–H and O–H groups in total. The molecule has 0 radical (unpaired) electrons. The van der Waals surface area contributed by atoms with Gasteiger partial charge in [-0.25, -0.2) is 18.7 Å². The Morgan fingerprint density at radius 3 is 2.70 bits per heavy atom. The van der Waals surface area contributed by atoms with Gasteiger partial charge in [0.15, 0.2) is 11.6 Å². The Hall–Kier alpha value is -3.62. The quantitative estimate of drug-likeness (QED) is 0.542. The number of nitrogens with zero attached hydrogens (tertiary/aromatic N) is 3. The average Bonchev–Trinajstić information content (AvgIpc) is 3.60. The van der Waals surface area contributed by atoms with E-state index < -0.39 is 23.6 Å². The van der Waals surface area contributed by atoms with Crippen LogP contribution in [-0.2, 0) is 0 Å². The summed E-state index contributed by atoms with van der Waals surface area (Å²) < 4.78 is 34.0. The summed E-state index contributed by atoms with van der Waals surface area (Å²) in [5.41, 5.74) is 1.04. The van der Waals surface area contributed by atoms with E-state index in [0.717, 1.165) is 6.54 Å². The Morgan fingerprint density at radius 1 is 1.21 bits per heavy atom. The third-order valence-corrected chi connectivity index (χ3v) is 6.02. The lowest BCUT2D eigenvalue weighted by atomic mass is 9.90. The molecule has 2 atom stereocenters. The van der Waals surface area contributed by atoms with Gasteiger partial charge in [-0.2, -0.15) is 0 Å². The SMILES string of the molecule is COc1ccc(C(NC(=O)c2cc(F)c3cnc(NCC4CC4)nc3c2)C2C=NC2)cc1F. The number of fused-ring (bicyclic) bond motifs is 1. The average molecular weight is 451 g/mol. The molecule has 2 unspecified atom stereocenters. The second-order valence-corrected chi connectivity index (χ2v) is 8.43. The highest BCUT2D eigenvalue weighted by molar-refractivity contribution is 5.98. The number of hydrogen-bond acceptors (Lipinski definition) is 6. The number of carbonyl (C=O) groups excluding carboxylic acids is 1. The lowest BCUT2D eigenvalue weighted by Crippen LogP contribution is -2.38. The van der Waals surface area contributed by atoms with Gasteiger partial charge >= 0.3 is 0 Å². The Morgan fingerprint density at radius 2 is 2.03 bits per heavy atom. The molecule has 0 bridgehead atoms. The molecule has 1 aliphatic heterocycles. The normalized spacial score (nSPS) is 18.0. The zero-order valence-corrected chi connectivity index (χ0v) is 18.0. The summed E-state index contributed by atoms with van der Waals surface area (Å²) in [4.78, 5) is 25.7. The maximum atomic E-state index is 14.7. The van der Waals surface area contributed by atoms with Crippen molar-refractivity contribution >= 4 is 29.0 Å². The Labute approximate surface area is 189 Å². The van der Waals surface area contributed by atoms with Gasteiger partial charge in [0.05, 0.1) is 24.1 Å². The number of benzene rings is 2. The van der Waals surface area contributed by atoms with Crippen LogP contribution in [0.1, 0.15) is 34.8 Å². The van der Waals surface area contributed by atoms with Gasteiger partial charge in [-0.15, -0.1) is 0 Å². The van der Waals surface area contributed by atoms with Gasteiger partial charge in [-0.3, -0.25) is 9.79 Å². The summed E-state index contributed by atoms with van der Waals surface area (Å²) in [6, 6.07) is 6.74. The first-order valence-electron chi connectivity index (χ1n) is 10.9. The van der Waals surface area contributed by atoms with Crippen LogP contribution in [-0.4, -0.2) is 42.3 Å². The highest BCUT2D eigenvalue weighted by atomic mass is 19.1. The van der Waals surface area contributed by atoms with E-state index in [2.05, 4.69) is 25.6 Å². The molecule has 9 heteroatoms. The fourth-order valence-corrected chi connectivity index (χ4v) is 3.82. The van der Waals surface area contributed by atoms with Crippen molar-refractivity contribution in [2.75, 3.05) is 25.5 Å². The number of aliphatic imine (C=N–C) groups is 1. The van der Waals surface area contributed by atoms with E-state index >= 15 is 0 Å². The molecule has 1 fully saturated rings. The lowest BCUT2D eigenvalue weighted by Gasteiger charge is -2.29. The topological polar surface area (TPSA) is 88.5 Å². The van der Waals surface area contributed by atoms with Gasteiger partial charge in [-0.1, -0.05) is 6.07 Å². The predicted molar refractivity (Wildman–Crippen MR) is 121 cm³/mol. The number of rotatable bonds is 8. The van der Waals surface area contributed by atoms with Gasteiger partial charge in [0.25, 0.3) is 5.91 Å². The van der Waals surface area contributed by atoms with Crippen LogP contribution in [0.5, 0.6) is 5.75 Å². The van der Waals surface area contributed by atoms with Crippen molar-refractivity contribution in [3.05, 3.63) is 59.3 Å². The van der Waals surface area contributed by atoms with Crippen molar-refractivity contribution in [1.29, 1.82) is 0 Å². The largest absolute Gasteiger partial charge is 0.494 e. The summed E-state index contributed by atoms with van der Waals surface area (Å²) in [5, 5.41) is 6.31. The van der Waals surface area contributed by atoms with Crippen LogP contribution >= 0.6 is 0 Å². The molecule has 3 aromatic rings. The first kappa shape index (κ1) is 21.2. The van der Waals surface area contributed by atoms with Crippen LogP contribution in [0.15, 0.2) is 41.5 Å². The second kappa shape index (κ2) is 8.73. The summed E-state index contributed by atoms with van der Waals surface area (Å²) in [6.45, 7) is 1.28. The van der Waals surface area contributed by atoms with Crippen molar-refractivity contribution in [1.82, 2.24) is 15.3 Å². The minimum Gasteiger partial charge on any atom is -0.494 e. The molecule has 2 heterocycles. The summed E-state index contributed by atoms with van der Waals surface area (Å²) in [6.07, 6.45) is 5.51. The van der Waals surface area contributed by atoms with Crippen molar-refractivity contribution in [2.24, 2.45) is 16.8 Å². The fourth-order valence-electron chi connectivity index (χ4n) is 3.82. The zero-order chi connectivity index (χ0) is 22.9. The number of carbonyl (C=O) groups is 1. The fraction of sp³-hybridized carbons (Fsp3) is 0.333. The van der Waals surface area contributed by atoms with E-state index in [4.69, 9.17) is 4.74 Å². The summed E-state index contributed by atoms with van der Waals surface area (Å²) in [7, 11) is 1.39. The minimum absolute atomic E-state index is 0.0902. The number of hydrogen-bond donors (Lipinski definition) is 2. The molecule has 0 saturated heterocycles. The smallest absolute Gasteiger partial charge is 0.251 e. The van der Waals surface area contributed by atoms with Crippen molar-refractivity contribution < 1.29 is 18.3 Å². The molecule has 1 amide bonds. The third-order valence-electron chi connectivity index (χ3n) is 6.02. The molecular weight excluding hydrogens is 428 g/mol. The molecule has 170 valence electrons. The molecule has 1 saturated carbocycles. The third kappa shape index (κ3) is 4.48. The Balaban J connectivity index is 1.41. The van der Waals surface area contributed by atoms with Crippen molar-refractivity contribution in [2.45, 2.75) is 18.9 Å². The summed E-state index contributed by atoms with van der Waals surface area (Å²) >= 11 is 0. The molecule has 5 rings (SSSR count). The highest BCUT2D eigenvalue weighted by Gasteiger charge is 2.29. The number of methoxy groups -OCH3 is 1. The monoisotopic (exact) mass is 451 g/mol. The Bertz CT molecular complexity index is 1240. The molecule has 2 aromatic carbocycles. The van der Waals surface area contributed by atoms with E-state index in [1.165, 1.54) is 50.4 Å². The predicted octanol–water partition coefficient (Wildman–Crippen LogP) is 3.91. The van der Waals surface area contributed by atoms with Crippen LogP contribution in [0.25, 0.3) is 10.9 Å². The molecule has 2 aliphatic rings. The maximum Gasteiger partial charge on any atom is 0.251 e. The van der Waals surface area contributed by atoms with Gasteiger partial charge < -0.3 is 15.4 Å². The van der Waals surface area contributed by atoms with Crippen LogP contribution < -0.4 is 15.4 Å². The van der Waals surface area contributed by atoms with Crippen LogP contribution in [0.3, 0.4) is 0 Å². The molecule has 7 nitrogen and oxygen atoms in total. The number of nitrogens with one attached hydrogen (secondary N) is 2. The number of amides is 1. The van der Waals surface area contributed by atoms with Gasteiger partial charge in [-0.05, 0) is 48.6 Å². The second-order valence-electron chi connectivity index (χ2n) is 8.43. The first-order valence-corrected chi connectivity index (χ1v) is 10.9. The highest BCUT2D eigenvalue weighted by Crippen LogP contribution is 2.30. The molecule has 0 spiro atoms. The van der Waals surface area contributed by atoms with Crippen molar-refractivity contribution in [3.63, 3.8) is 0 Å². The number of anilines is 1. The van der Waals surface area contributed by atoms with E-state index in [1.54, 1.807) is 12.3 Å². The first-order chi connectivity index (χ1) is 16.0. The number of halogens is 2. The standard InChI is InChI=1S/C24H23F2N5O2/c1-33-21-5-4-14(6-19(21)26)22(16-10-27-11-16)31-23(32)15-7-18(25)17-12-29-24(30-20(17)8-15)28-9-13-2-3-13/h4-8,10,12-13,16,22H,2-3,9,11H2,1H3,(H,31,32)(H,28,29,30). The molecule has 1 aromatic heterocycles. The number of aromatic nitrogens is 2. The molecule has 1 aliphatic carbocycles. The van der Waals surface area contributed by atoms with E-state index in [9.17, 15) is 13.6 Å². The van der Waals surface area contributed by atoms with E-state index in [-0.39, 0.29) is 22.6 Å². The van der Waals surface area contributed by atoms with E-state index in [0.29, 0.717) is 29.5 Å².